The van der Waals surface area contributed by atoms with Gasteiger partial charge in [0.05, 0.1) is 0 Å². The second kappa shape index (κ2) is 6.40. The van der Waals surface area contributed by atoms with Crippen LogP contribution in [0.4, 0.5) is 0 Å². The predicted octanol–water partition coefficient (Wildman–Crippen LogP) is 1.31. The van der Waals surface area contributed by atoms with E-state index in [1.165, 1.54) is 5.56 Å². The van der Waals surface area contributed by atoms with Crippen LogP contribution in [-0.4, -0.2) is 49.1 Å². The maximum absolute atomic E-state index is 13.1. The molecule has 0 aliphatic carbocycles. The Kier molecular flexibility index (Phi) is 3.76. The van der Waals surface area contributed by atoms with Crippen LogP contribution in [0.25, 0.3) is 11.5 Å². The van der Waals surface area contributed by atoms with Crippen LogP contribution in [0.15, 0.2) is 35.4 Å². The van der Waals surface area contributed by atoms with E-state index in [0.717, 1.165) is 49.8 Å². The van der Waals surface area contributed by atoms with Gasteiger partial charge in [0.2, 0.25) is 6.79 Å². The van der Waals surface area contributed by atoms with Crippen molar-refractivity contribution in [3.05, 3.63) is 52.3 Å². The summed E-state index contributed by atoms with van der Waals surface area (Å²) in [6, 6.07) is 6.11. The molecule has 5 heterocycles. The molecular formula is C21H22N6O3. The van der Waals surface area contributed by atoms with Crippen molar-refractivity contribution in [3.63, 3.8) is 0 Å². The van der Waals surface area contributed by atoms with E-state index in [-0.39, 0.29) is 17.8 Å². The van der Waals surface area contributed by atoms with Gasteiger partial charge in [0, 0.05) is 44.5 Å². The quantitative estimate of drug-likeness (QED) is 0.648. The summed E-state index contributed by atoms with van der Waals surface area (Å²) < 4.78 is 14.5. The first-order valence-electron chi connectivity index (χ1n) is 10.2. The number of rotatable bonds is 3. The van der Waals surface area contributed by atoms with Crippen LogP contribution in [0, 0.1) is 0 Å². The Balaban J connectivity index is 1.26. The first-order chi connectivity index (χ1) is 14.6. The van der Waals surface area contributed by atoms with Crippen LogP contribution in [0.5, 0.6) is 11.5 Å². The zero-order valence-corrected chi connectivity index (χ0v) is 16.7. The number of nitrogens with zero attached hydrogens (tertiary/aromatic N) is 6. The predicted molar refractivity (Wildman–Crippen MR) is 107 cm³/mol. The molecule has 154 valence electrons. The van der Waals surface area contributed by atoms with Crippen LogP contribution in [0.1, 0.15) is 24.2 Å². The van der Waals surface area contributed by atoms with Crippen molar-refractivity contribution in [1.29, 1.82) is 0 Å². The Labute approximate surface area is 172 Å². The summed E-state index contributed by atoms with van der Waals surface area (Å²) >= 11 is 0. The van der Waals surface area contributed by atoms with Gasteiger partial charge in [-0.1, -0.05) is 6.07 Å². The van der Waals surface area contributed by atoms with Crippen molar-refractivity contribution in [2.75, 3.05) is 19.9 Å². The van der Waals surface area contributed by atoms with Crippen molar-refractivity contribution in [2.45, 2.75) is 31.3 Å². The Morgan fingerprint density at radius 3 is 2.87 bits per heavy atom. The largest absolute Gasteiger partial charge is 0.454 e. The van der Waals surface area contributed by atoms with E-state index in [9.17, 15) is 4.79 Å². The Morgan fingerprint density at radius 2 is 2.00 bits per heavy atom. The minimum Gasteiger partial charge on any atom is -0.454 e. The molecule has 6 rings (SSSR count). The van der Waals surface area contributed by atoms with Gasteiger partial charge >= 0.3 is 0 Å². The van der Waals surface area contributed by atoms with E-state index in [0.29, 0.717) is 18.1 Å². The molecule has 1 unspecified atom stereocenters. The number of aryl methyl sites for hydroxylation is 1. The number of likely N-dealkylation sites (tertiary alicyclic amines) is 1. The topological polar surface area (TPSA) is 87.3 Å². The minimum atomic E-state index is -0.108. The monoisotopic (exact) mass is 406 g/mol. The second-order valence-electron chi connectivity index (χ2n) is 8.37. The summed E-state index contributed by atoms with van der Waals surface area (Å²) in [4.78, 5) is 19.8. The Morgan fingerprint density at radius 1 is 1.13 bits per heavy atom. The van der Waals surface area contributed by atoms with Gasteiger partial charge in [-0.25, -0.2) is 4.98 Å². The molecule has 0 N–H and O–H groups in total. The maximum atomic E-state index is 13.1. The van der Waals surface area contributed by atoms with Gasteiger partial charge in [-0.15, -0.1) is 10.2 Å². The molecule has 0 amide bonds. The molecule has 30 heavy (non-hydrogen) atoms. The zero-order valence-electron chi connectivity index (χ0n) is 16.7. The Bertz CT molecular complexity index is 1200. The summed E-state index contributed by atoms with van der Waals surface area (Å²) in [6.07, 6.45) is 5.37. The van der Waals surface area contributed by atoms with E-state index in [1.807, 2.05) is 13.1 Å². The smallest absolute Gasteiger partial charge is 0.283 e. The highest BCUT2D eigenvalue weighted by Crippen LogP contribution is 2.41. The van der Waals surface area contributed by atoms with Crippen LogP contribution < -0.4 is 15.0 Å². The third-order valence-corrected chi connectivity index (χ3v) is 6.55. The lowest BCUT2D eigenvalue weighted by Crippen LogP contribution is -2.33. The highest BCUT2D eigenvalue weighted by atomic mass is 16.7. The van der Waals surface area contributed by atoms with Gasteiger partial charge in [-0.05, 0) is 37.1 Å². The van der Waals surface area contributed by atoms with Gasteiger partial charge in [-0.3, -0.25) is 14.3 Å². The standard InChI is InChI=1S/C21H22N6O3/c1-25-9-6-22-18(25)17-19(28)27-8-5-21(20(27)24-23-17)4-7-26(12-21)11-14-2-3-15-16(10-14)30-13-29-15/h2-3,6,9-10H,4-5,7-8,11-13H2,1H3. The molecule has 3 aliphatic rings. The fourth-order valence-corrected chi connectivity index (χ4v) is 4.97. The van der Waals surface area contributed by atoms with E-state index in [1.54, 1.807) is 21.5 Å². The van der Waals surface area contributed by atoms with Crippen LogP contribution >= 0.6 is 0 Å². The molecule has 1 aromatic carbocycles. The zero-order chi connectivity index (χ0) is 20.3. The highest BCUT2D eigenvalue weighted by molar-refractivity contribution is 5.48. The molecule has 1 fully saturated rings. The van der Waals surface area contributed by atoms with Crippen molar-refractivity contribution in [3.8, 4) is 23.0 Å². The second-order valence-corrected chi connectivity index (χ2v) is 8.37. The molecule has 1 saturated heterocycles. The van der Waals surface area contributed by atoms with Crippen molar-refractivity contribution in [2.24, 2.45) is 7.05 Å². The van der Waals surface area contributed by atoms with E-state index in [4.69, 9.17) is 9.47 Å². The van der Waals surface area contributed by atoms with Crippen LogP contribution in [0.2, 0.25) is 0 Å². The molecule has 0 bridgehead atoms. The number of hydrogen-bond donors (Lipinski definition) is 0. The minimum absolute atomic E-state index is 0.0969. The lowest BCUT2D eigenvalue weighted by atomic mass is 9.85. The van der Waals surface area contributed by atoms with E-state index in [2.05, 4.69) is 32.2 Å². The molecule has 3 aliphatic heterocycles. The number of hydrogen-bond acceptors (Lipinski definition) is 7. The van der Waals surface area contributed by atoms with Gasteiger partial charge in [-0.2, -0.15) is 0 Å². The molecule has 1 atom stereocenters. The molecule has 9 heteroatoms. The maximum Gasteiger partial charge on any atom is 0.283 e. The normalized spacial score (nSPS) is 22.2. The van der Waals surface area contributed by atoms with Gasteiger partial charge < -0.3 is 14.0 Å². The van der Waals surface area contributed by atoms with Crippen molar-refractivity contribution in [1.82, 2.24) is 29.2 Å². The number of ether oxygens (including phenoxy) is 2. The molecule has 2 aromatic heterocycles. The molecule has 9 nitrogen and oxygen atoms in total. The third kappa shape index (κ3) is 2.58. The number of benzene rings is 1. The van der Waals surface area contributed by atoms with E-state index < -0.39 is 0 Å². The van der Waals surface area contributed by atoms with Crippen molar-refractivity contribution < 1.29 is 9.47 Å². The first kappa shape index (κ1) is 17.6. The third-order valence-electron chi connectivity index (χ3n) is 6.55. The number of aromatic nitrogens is 5. The lowest BCUT2D eigenvalue weighted by molar-refractivity contribution is 0.174. The molecule has 3 aromatic rings. The van der Waals surface area contributed by atoms with Gasteiger partial charge in [0.1, 0.15) is 5.82 Å². The first-order valence-corrected chi connectivity index (χ1v) is 10.2. The fraction of sp³-hybridized carbons (Fsp3) is 0.429. The van der Waals surface area contributed by atoms with Crippen LogP contribution in [-0.2, 0) is 25.6 Å². The summed E-state index contributed by atoms with van der Waals surface area (Å²) in [5, 5.41) is 8.84. The van der Waals surface area contributed by atoms with Crippen LogP contribution in [0.3, 0.4) is 0 Å². The summed E-state index contributed by atoms with van der Waals surface area (Å²) in [5.74, 6) is 2.99. The summed E-state index contributed by atoms with van der Waals surface area (Å²) in [7, 11) is 1.85. The van der Waals surface area contributed by atoms with Gasteiger partial charge in [0.25, 0.3) is 5.56 Å². The van der Waals surface area contributed by atoms with E-state index >= 15 is 0 Å². The lowest BCUT2D eigenvalue weighted by Gasteiger charge is -2.23. The SMILES string of the molecule is Cn1ccnc1-c1nnc2n(c1=O)CCC21CCN(Cc2ccc3c(c2)OCO3)C1. The molecule has 0 radical (unpaired) electrons. The Hall–Kier alpha value is -3.20. The number of fused-ring (bicyclic) bond motifs is 3. The summed E-state index contributed by atoms with van der Waals surface area (Å²) in [5.41, 5.74) is 1.31. The number of imidazole rings is 1. The van der Waals surface area contributed by atoms with Gasteiger partial charge in [0.15, 0.2) is 23.0 Å². The average Bonchev–Trinajstić information content (AvgIpc) is 3.52. The molecular weight excluding hydrogens is 384 g/mol. The summed E-state index contributed by atoms with van der Waals surface area (Å²) in [6.45, 7) is 3.64. The molecule has 1 spiro atoms. The molecule has 0 saturated carbocycles. The van der Waals surface area contributed by atoms with Crippen molar-refractivity contribution >= 4 is 0 Å². The average molecular weight is 406 g/mol. The fourth-order valence-electron chi connectivity index (χ4n) is 4.97. The highest BCUT2D eigenvalue weighted by Gasteiger charge is 2.47.